The average molecular weight is 384 g/mol. The first-order valence-electron chi connectivity index (χ1n) is 9.75. The molecule has 28 heavy (non-hydrogen) atoms. The van der Waals surface area contributed by atoms with E-state index in [9.17, 15) is 10.4 Å². The second kappa shape index (κ2) is 8.15. The van der Waals surface area contributed by atoms with Gasteiger partial charge in [0.2, 0.25) is 5.95 Å². The van der Waals surface area contributed by atoms with E-state index in [-0.39, 0.29) is 17.6 Å². The highest BCUT2D eigenvalue weighted by Gasteiger charge is 2.35. The summed E-state index contributed by atoms with van der Waals surface area (Å²) in [4.78, 5) is 8.76. The lowest BCUT2D eigenvalue weighted by Crippen LogP contribution is -2.41. The molecule has 3 N–H and O–H groups in total. The van der Waals surface area contributed by atoms with E-state index in [1.165, 1.54) is 0 Å². The first-order chi connectivity index (χ1) is 13.3. The van der Waals surface area contributed by atoms with Crippen LogP contribution >= 0.6 is 0 Å². The summed E-state index contributed by atoms with van der Waals surface area (Å²) in [5.41, 5.74) is 2.38. The quantitative estimate of drug-likeness (QED) is 0.703. The molecule has 0 unspecified atom stereocenters. The Balaban J connectivity index is 1.65. The molecule has 0 bridgehead atoms. The molecule has 3 rings (SSSR count). The molecule has 0 amide bonds. The van der Waals surface area contributed by atoms with Crippen molar-refractivity contribution in [3.05, 3.63) is 29.2 Å². The van der Waals surface area contributed by atoms with Crippen LogP contribution in [0.2, 0.25) is 0 Å². The zero-order chi connectivity index (χ0) is 20.3. The number of nitrogens with zero attached hydrogens (tertiary/aromatic N) is 5. The Morgan fingerprint density at radius 1 is 1.36 bits per heavy atom. The molecule has 1 aliphatic rings. The van der Waals surface area contributed by atoms with Crippen LogP contribution in [0.15, 0.2) is 12.3 Å². The molecule has 1 fully saturated rings. The van der Waals surface area contributed by atoms with Gasteiger partial charge in [0.05, 0.1) is 24.5 Å². The molecule has 0 aromatic carbocycles. The van der Waals surface area contributed by atoms with E-state index in [1.807, 2.05) is 24.6 Å². The highest BCUT2D eigenvalue weighted by atomic mass is 16.3. The Morgan fingerprint density at radius 2 is 2.14 bits per heavy atom. The lowest BCUT2D eigenvalue weighted by molar-refractivity contribution is 0.00926. The minimum atomic E-state index is -0.294. The second-order valence-corrected chi connectivity index (χ2v) is 8.27. The van der Waals surface area contributed by atoms with Crippen LogP contribution in [-0.2, 0) is 6.54 Å². The molecule has 1 aliphatic carbocycles. The smallest absolute Gasteiger partial charge is 0.224 e. The SMILES string of the molecule is Cc1cc(C)n(CCNc2ncc(C#N)c(N[C@@H]3CC[C@H](O)C(C)(C)C3)n2)n1. The highest BCUT2D eigenvalue weighted by molar-refractivity contribution is 5.54. The van der Waals surface area contributed by atoms with Crippen molar-refractivity contribution in [3.63, 3.8) is 0 Å². The van der Waals surface area contributed by atoms with Gasteiger partial charge in [-0.25, -0.2) is 4.98 Å². The summed E-state index contributed by atoms with van der Waals surface area (Å²) in [6.45, 7) is 9.49. The van der Waals surface area contributed by atoms with Crippen molar-refractivity contribution < 1.29 is 5.11 Å². The van der Waals surface area contributed by atoms with Gasteiger partial charge < -0.3 is 15.7 Å². The van der Waals surface area contributed by atoms with E-state index < -0.39 is 0 Å². The minimum absolute atomic E-state index is 0.156. The van der Waals surface area contributed by atoms with Crippen LogP contribution in [0.4, 0.5) is 11.8 Å². The monoisotopic (exact) mass is 383 g/mol. The Labute approximate surface area is 166 Å². The van der Waals surface area contributed by atoms with E-state index in [1.54, 1.807) is 6.20 Å². The lowest BCUT2D eigenvalue weighted by Gasteiger charge is -2.40. The van der Waals surface area contributed by atoms with Crippen molar-refractivity contribution in [3.8, 4) is 6.07 Å². The van der Waals surface area contributed by atoms with Crippen LogP contribution in [-0.4, -0.2) is 43.5 Å². The van der Waals surface area contributed by atoms with E-state index in [0.29, 0.717) is 30.4 Å². The summed E-state index contributed by atoms with van der Waals surface area (Å²) in [6.07, 6.45) is 3.66. The number of aliphatic hydroxyl groups is 1. The molecule has 2 aromatic rings. The van der Waals surface area contributed by atoms with Gasteiger partial charge in [-0.15, -0.1) is 0 Å². The molecule has 2 heterocycles. The third-order valence-electron chi connectivity index (χ3n) is 5.42. The summed E-state index contributed by atoms with van der Waals surface area (Å²) < 4.78 is 1.95. The van der Waals surface area contributed by atoms with Gasteiger partial charge in [-0.1, -0.05) is 13.8 Å². The summed E-state index contributed by atoms with van der Waals surface area (Å²) >= 11 is 0. The van der Waals surface area contributed by atoms with E-state index in [0.717, 1.165) is 30.7 Å². The van der Waals surface area contributed by atoms with Gasteiger partial charge in [0.25, 0.3) is 0 Å². The zero-order valence-electron chi connectivity index (χ0n) is 17.0. The Hall–Kier alpha value is -2.66. The van der Waals surface area contributed by atoms with Crippen molar-refractivity contribution in [2.75, 3.05) is 17.2 Å². The molecule has 8 heteroatoms. The van der Waals surface area contributed by atoms with Crippen LogP contribution in [0.3, 0.4) is 0 Å². The van der Waals surface area contributed by atoms with Gasteiger partial charge in [0, 0.05) is 18.3 Å². The van der Waals surface area contributed by atoms with E-state index in [2.05, 4.69) is 45.6 Å². The summed E-state index contributed by atoms with van der Waals surface area (Å²) in [5, 5.41) is 30.6. The Morgan fingerprint density at radius 3 is 2.79 bits per heavy atom. The largest absolute Gasteiger partial charge is 0.393 e. The first kappa shape index (κ1) is 20.1. The van der Waals surface area contributed by atoms with Gasteiger partial charge >= 0.3 is 0 Å². The van der Waals surface area contributed by atoms with Crippen molar-refractivity contribution in [2.24, 2.45) is 5.41 Å². The highest BCUT2D eigenvalue weighted by Crippen LogP contribution is 2.36. The van der Waals surface area contributed by atoms with E-state index >= 15 is 0 Å². The standard InChI is InChI=1S/C20H29N7O/c1-13-9-14(2)27(26-13)8-7-22-19-23-12-15(11-21)18(25-19)24-16-5-6-17(28)20(3,4)10-16/h9,12,16-17,28H,5-8,10H2,1-4H3,(H2,22,23,24,25)/t16-,17+/m1/s1. The Bertz CT molecular complexity index is 868. The van der Waals surface area contributed by atoms with Crippen LogP contribution in [0, 0.1) is 30.6 Å². The predicted octanol–water partition coefficient (Wildman–Crippen LogP) is 2.63. The minimum Gasteiger partial charge on any atom is -0.393 e. The maximum absolute atomic E-state index is 10.2. The zero-order valence-corrected chi connectivity index (χ0v) is 17.0. The molecule has 2 aromatic heterocycles. The van der Waals surface area contributed by atoms with Gasteiger partial charge in [0.15, 0.2) is 0 Å². The van der Waals surface area contributed by atoms with Crippen LogP contribution in [0.25, 0.3) is 0 Å². The van der Waals surface area contributed by atoms with Crippen LogP contribution < -0.4 is 10.6 Å². The third kappa shape index (κ3) is 4.60. The van der Waals surface area contributed by atoms with Crippen molar-refractivity contribution in [2.45, 2.75) is 65.6 Å². The Kier molecular flexibility index (Phi) is 5.84. The number of hydrogen-bond donors (Lipinski definition) is 3. The number of rotatable bonds is 6. The predicted molar refractivity (Wildman–Crippen MR) is 108 cm³/mol. The molecule has 0 radical (unpaired) electrons. The molecule has 0 aliphatic heterocycles. The van der Waals surface area contributed by atoms with Crippen LogP contribution in [0.1, 0.15) is 50.1 Å². The molecule has 0 saturated heterocycles. The number of anilines is 2. The normalized spacial score (nSPS) is 21.1. The van der Waals surface area contributed by atoms with Crippen molar-refractivity contribution >= 4 is 11.8 Å². The molecule has 8 nitrogen and oxygen atoms in total. The number of nitrogens with one attached hydrogen (secondary N) is 2. The molecular weight excluding hydrogens is 354 g/mol. The fraction of sp³-hybridized carbons (Fsp3) is 0.600. The molecular formula is C20H29N7O. The average Bonchev–Trinajstić information content (AvgIpc) is 2.95. The number of nitriles is 1. The summed E-state index contributed by atoms with van der Waals surface area (Å²) in [6, 6.07) is 4.37. The van der Waals surface area contributed by atoms with E-state index in [4.69, 9.17) is 0 Å². The molecule has 2 atom stereocenters. The van der Waals surface area contributed by atoms with Gasteiger partial charge in [-0.3, -0.25) is 4.68 Å². The van der Waals surface area contributed by atoms with Gasteiger partial charge in [0.1, 0.15) is 17.5 Å². The lowest BCUT2D eigenvalue weighted by atomic mass is 9.73. The summed E-state index contributed by atoms with van der Waals surface area (Å²) in [7, 11) is 0. The molecule has 0 spiro atoms. The molecule has 1 saturated carbocycles. The number of aryl methyl sites for hydroxylation is 2. The first-order valence-corrected chi connectivity index (χ1v) is 9.75. The van der Waals surface area contributed by atoms with Gasteiger partial charge in [-0.05, 0) is 44.6 Å². The topological polar surface area (TPSA) is 112 Å². The fourth-order valence-electron chi connectivity index (χ4n) is 3.77. The van der Waals surface area contributed by atoms with Crippen LogP contribution in [0.5, 0.6) is 0 Å². The maximum atomic E-state index is 10.2. The number of aromatic nitrogens is 4. The van der Waals surface area contributed by atoms with Crippen molar-refractivity contribution in [1.82, 2.24) is 19.7 Å². The summed E-state index contributed by atoms with van der Waals surface area (Å²) in [5.74, 6) is 1.03. The second-order valence-electron chi connectivity index (χ2n) is 8.27. The number of hydrogen-bond acceptors (Lipinski definition) is 7. The van der Waals surface area contributed by atoms with Crippen molar-refractivity contribution in [1.29, 1.82) is 5.26 Å². The maximum Gasteiger partial charge on any atom is 0.224 e. The molecule has 150 valence electrons. The van der Waals surface area contributed by atoms with Gasteiger partial charge in [-0.2, -0.15) is 15.3 Å². The number of aliphatic hydroxyl groups excluding tert-OH is 1. The third-order valence-corrected chi connectivity index (χ3v) is 5.42. The fourth-order valence-corrected chi connectivity index (χ4v) is 3.77.